The number of hydrogen-bond donors (Lipinski definition) is 3. The average Bonchev–Trinajstić information content (AvgIpc) is 2.38. The zero-order valence-corrected chi connectivity index (χ0v) is 12.0. The van der Waals surface area contributed by atoms with E-state index in [1.807, 2.05) is 24.3 Å². The van der Waals surface area contributed by atoms with Crippen LogP contribution in [0.4, 0.5) is 4.79 Å². The van der Waals surface area contributed by atoms with Crippen molar-refractivity contribution in [1.29, 1.82) is 0 Å². The number of halogens is 1. The fraction of sp³-hybridized carbons (Fsp3) is 0.308. The van der Waals surface area contributed by atoms with Gasteiger partial charge in [-0.1, -0.05) is 28.1 Å². The summed E-state index contributed by atoms with van der Waals surface area (Å²) in [5.74, 6) is 0. The Kier molecular flexibility index (Phi) is 7.17. The van der Waals surface area contributed by atoms with Crippen molar-refractivity contribution in [3.05, 3.63) is 40.5 Å². The Hall–Kier alpha value is -1.37. The minimum Gasteiger partial charge on any atom is -0.395 e. The zero-order valence-electron chi connectivity index (χ0n) is 10.4. The van der Waals surface area contributed by atoms with Crippen LogP contribution in [0.3, 0.4) is 0 Å². The number of nitrogens with one attached hydrogen (secondary N) is 1. The summed E-state index contributed by atoms with van der Waals surface area (Å²) in [4.78, 5) is 13.1. The van der Waals surface area contributed by atoms with Gasteiger partial charge >= 0.3 is 6.03 Å². The number of benzene rings is 1. The van der Waals surface area contributed by atoms with Crippen molar-refractivity contribution in [3.8, 4) is 0 Å². The minimum absolute atomic E-state index is 0.136. The molecule has 0 spiro atoms. The molecule has 104 valence electrons. The highest BCUT2D eigenvalue weighted by atomic mass is 79.9. The van der Waals surface area contributed by atoms with Crippen LogP contribution in [-0.2, 0) is 0 Å². The van der Waals surface area contributed by atoms with E-state index in [-0.39, 0.29) is 32.3 Å². The Morgan fingerprint density at radius 3 is 2.58 bits per heavy atom. The molecule has 0 saturated carbocycles. The second-order valence-corrected chi connectivity index (χ2v) is 4.69. The first kappa shape index (κ1) is 15.7. The summed E-state index contributed by atoms with van der Waals surface area (Å²) >= 11 is 3.36. The number of amides is 2. The molecule has 0 fully saturated rings. The van der Waals surface area contributed by atoms with Crippen LogP contribution in [-0.4, -0.2) is 47.4 Å². The highest BCUT2D eigenvalue weighted by molar-refractivity contribution is 9.10. The summed E-state index contributed by atoms with van der Waals surface area (Å²) in [6.45, 7) is 0.111. The van der Waals surface area contributed by atoms with E-state index >= 15 is 0 Å². The number of nitrogens with zero attached hydrogens (tertiary/aromatic N) is 1. The number of aliphatic hydroxyl groups is 2. The Balaban J connectivity index is 2.52. The van der Waals surface area contributed by atoms with Gasteiger partial charge in [0.05, 0.1) is 13.2 Å². The summed E-state index contributed by atoms with van der Waals surface area (Å²) in [5, 5.41) is 20.2. The van der Waals surface area contributed by atoms with Crippen LogP contribution < -0.4 is 5.32 Å². The van der Waals surface area contributed by atoms with E-state index in [4.69, 9.17) is 10.2 Å². The molecule has 0 saturated heterocycles. The molecule has 0 aromatic heterocycles. The van der Waals surface area contributed by atoms with Crippen molar-refractivity contribution in [2.24, 2.45) is 0 Å². The van der Waals surface area contributed by atoms with Crippen LogP contribution in [0.25, 0.3) is 6.08 Å². The lowest BCUT2D eigenvalue weighted by Gasteiger charge is -2.19. The second-order valence-electron chi connectivity index (χ2n) is 3.77. The van der Waals surface area contributed by atoms with Crippen LogP contribution in [0, 0.1) is 0 Å². The average molecular weight is 329 g/mol. The number of carbonyl (C=O) groups is 1. The summed E-state index contributed by atoms with van der Waals surface area (Å²) in [5.41, 5.74) is 0.950. The molecule has 0 bridgehead atoms. The van der Waals surface area contributed by atoms with Crippen LogP contribution in [0.2, 0.25) is 0 Å². The number of hydrogen-bond acceptors (Lipinski definition) is 3. The van der Waals surface area contributed by atoms with E-state index in [1.54, 1.807) is 6.08 Å². The lowest BCUT2D eigenvalue weighted by molar-refractivity contribution is 0.161. The standard InChI is InChI=1S/C13H17BrN2O3/c14-12-3-1-2-11(10-12)4-5-15-13(19)16(6-8-17)7-9-18/h1-5,10,17-18H,6-9H2,(H,15,19)/b5-4+. The summed E-state index contributed by atoms with van der Waals surface area (Å²) in [6, 6.07) is 7.29. The molecular formula is C13H17BrN2O3. The third-order valence-corrected chi connectivity index (χ3v) is 2.85. The Labute approximate surface area is 120 Å². The first-order valence-electron chi connectivity index (χ1n) is 5.86. The lowest BCUT2D eigenvalue weighted by atomic mass is 10.2. The highest BCUT2D eigenvalue weighted by Crippen LogP contribution is 2.12. The van der Waals surface area contributed by atoms with Crippen molar-refractivity contribution < 1.29 is 15.0 Å². The molecule has 5 nitrogen and oxygen atoms in total. The molecule has 1 rings (SSSR count). The topological polar surface area (TPSA) is 72.8 Å². The van der Waals surface area contributed by atoms with Gasteiger partial charge in [0, 0.05) is 23.8 Å². The van der Waals surface area contributed by atoms with E-state index < -0.39 is 0 Å². The van der Waals surface area contributed by atoms with Crippen molar-refractivity contribution in [3.63, 3.8) is 0 Å². The van der Waals surface area contributed by atoms with E-state index in [0.717, 1.165) is 10.0 Å². The smallest absolute Gasteiger partial charge is 0.321 e. The molecule has 0 aliphatic rings. The fourth-order valence-electron chi connectivity index (χ4n) is 1.47. The molecule has 2 amide bonds. The SMILES string of the molecule is O=C(N/C=C/c1cccc(Br)c1)N(CCO)CCO. The first-order chi connectivity index (χ1) is 9.17. The van der Waals surface area contributed by atoms with E-state index in [1.165, 1.54) is 11.1 Å². The number of urea groups is 1. The second kappa shape index (κ2) is 8.68. The molecule has 0 atom stereocenters. The maximum absolute atomic E-state index is 11.7. The Morgan fingerprint density at radius 2 is 2.00 bits per heavy atom. The van der Waals surface area contributed by atoms with Gasteiger partial charge < -0.3 is 20.4 Å². The van der Waals surface area contributed by atoms with Gasteiger partial charge in [0.2, 0.25) is 0 Å². The number of carbonyl (C=O) groups excluding carboxylic acids is 1. The molecular weight excluding hydrogens is 312 g/mol. The third kappa shape index (κ3) is 5.87. The Morgan fingerprint density at radius 1 is 1.32 bits per heavy atom. The molecule has 0 aliphatic heterocycles. The predicted molar refractivity (Wildman–Crippen MR) is 77.5 cm³/mol. The molecule has 0 aliphatic carbocycles. The summed E-state index contributed by atoms with van der Waals surface area (Å²) in [7, 11) is 0. The molecule has 0 radical (unpaired) electrons. The van der Waals surface area contributed by atoms with Gasteiger partial charge in [-0.15, -0.1) is 0 Å². The highest BCUT2D eigenvalue weighted by Gasteiger charge is 2.09. The quantitative estimate of drug-likeness (QED) is 0.739. The molecule has 6 heteroatoms. The number of rotatable bonds is 6. The molecule has 3 N–H and O–H groups in total. The molecule has 19 heavy (non-hydrogen) atoms. The van der Waals surface area contributed by atoms with Gasteiger partial charge in [0.15, 0.2) is 0 Å². The van der Waals surface area contributed by atoms with Crippen molar-refractivity contribution in [2.75, 3.05) is 26.3 Å². The van der Waals surface area contributed by atoms with Crippen LogP contribution in [0.1, 0.15) is 5.56 Å². The molecule has 1 aromatic rings. The third-order valence-electron chi connectivity index (χ3n) is 2.36. The number of aliphatic hydroxyl groups excluding tert-OH is 2. The van der Waals surface area contributed by atoms with Crippen LogP contribution >= 0.6 is 15.9 Å². The van der Waals surface area contributed by atoms with Gasteiger partial charge in [0.1, 0.15) is 0 Å². The molecule has 0 unspecified atom stereocenters. The lowest BCUT2D eigenvalue weighted by Crippen LogP contribution is -2.41. The first-order valence-corrected chi connectivity index (χ1v) is 6.66. The maximum atomic E-state index is 11.7. The van der Waals surface area contributed by atoms with Gasteiger partial charge in [-0.05, 0) is 23.8 Å². The monoisotopic (exact) mass is 328 g/mol. The zero-order chi connectivity index (χ0) is 14.1. The van der Waals surface area contributed by atoms with E-state index in [9.17, 15) is 4.79 Å². The molecule has 1 aromatic carbocycles. The summed E-state index contributed by atoms with van der Waals surface area (Å²) in [6.07, 6.45) is 3.30. The van der Waals surface area contributed by atoms with E-state index in [2.05, 4.69) is 21.2 Å². The fourth-order valence-corrected chi connectivity index (χ4v) is 1.88. The van der Waals surface area contributed by atoms with Crippen molar-refractivity contribution in [2.45, 2.75) is 0 Å². The van der Waals surface area contributed by atoms with Gasteiger partial charge in [-0.2, -0.15) is 0 Å². The van der Waals surface area contributed by atoms with Crippen molar-refractivity contribution >= 4 is 28.0 Å². The normalized spacial score (nSPS) is 10.7. The summed E-state index contributed by atoms with van der Waals surface area (Å²) < 4.78 is 0.961. The van der Waals surface area contributed by atoms with Gasteiger partial charge in [-0.25, -0.2) is 4.79 Å². The van der Waals surface area contributed by atoms with E-state index in [0.29, 0.717) is 0 Å². The molecule has 0 heterocycles. The van der Waals surface area contributed by atoms with Crippen LogP contribution in [0.15, 0.2) is 34.9 Å². The largest absolute Gasteiger partial charge is 0.395 e. The van der Waals surface area contributed by atoms with Crippen molar-refractivity contribution in [1.82, 2.24) is 10.2 Å². The van der Waals surface area contributed by atoms with Gasteiger partial charge in [-0.3, -0.25) is 0 Å². The predicted octanol–water partition coefficient (Wildman–Crippen LogP) is 1.42. The van der Waals surface area contributed by atoms with Crippen LogP contribution in [0.5, 0.6) is 0 Å². The maximum Gasteiger partial charge on any atom is 0.321 e. The Bertz CT molecular complexity index is 432. The minimum atomic E-state index is -0.352. The van der Waals surface area contributed by atoms with Gasteiger partial charge in [0.25, 0.3) is 0 Å².